The van der Waals surface area contributed by atoms with Gasteiger partial charge in [0.2, 0.25) is 0 Å². The second kappa shape index (κ2) is 3.53. The van der Waals surface area contributed by atoms with Gasteiger partial charge in [-0.25, -0.2) is 4.79 Å². The minimum atomic E-state index is -1.19. The smallest absolute Gasteiger partial charge is 0.335 e. The SMILES string of the molecule is O=Nc1ccc(C(=O)O)cc1N=O. The van der Waals surface area contributed by atoms with Crippen LogP contribution in [0.2, 0.25) is 0 Å². The van der Waals surface area contributed by atoms with Crippen molar-refractivity contribution in [1.82, 2.24) is 0 Å². The van der Waals surface area contributed by atoms with E-state index in [1.807, 2.05) is 0 Å². The van der Waals surface area contributed by atoms with E-state index in [1.165, 1.54) is 6.07 Å². The van der Waals surface area contributed by atoms with Crippen LogP contribution in [0.5, 0.6) is 0 Å². The van der Waals surface area contributed by atoms with E-state index in [2.05, 4.69) is 10.4 Å². The van der Waals surface area contributed by atoms with Crippen LogP contribution in [0.15, 0.2) is 28.6 Å². The quantitative estimate of drug-likeness (QED) is 0.720. The van der Waals surface area contributed by atoms with Crippen LogP contribution in [0.1, 0.15) is 10.4 Å². The van der Waals surface area contributed by atoms with E-state index < -0.39 is 5.97 Å². The predicted octanol–water partition coefficient (Wildman–Crippen LogP) is 2.18. The maximum Gasteiger partial charge on any atom is 0.335 e. The average Bonchev–Trinajstić information content (AvgIpc) is 2.16. The molecule has 0 aliphatic heterocycles. The Hall–Kier alpha value is -2.11. The highest BCUT2D eigenvalue weighted by Gasteiger charge is 2.08. The Morgan fingerprint density at radius 2 is 1.77 bits per heavy atom. The van der Waals surface area contributed by atoms with E-state index in [0.717, 1.165) is 12.1 Å². The molecule has 1 aromatic carbocycles. The molecule has 66 valence electrons. The summed E-state index contributed by atoms with van der Waals surface area (Å²) in [4.78, 5) is 30.6. The third kappa shape index (κ3) is 1.73. The highest BCUT2D eigenvalue weighted by atomic mass is 16.4. The average molecular weight is 180 g/mol. The summed E-state index contributed by atoms with van der Waals surface area (Å²) >= 11 is 0. The molecule has 0 fully saturated rings. The van der Waals surface area contributed by atoms with Gasteiger partial charge in [0.1, 0.15) is 11.4 Å². The van der Waals surface area contributed by atoms with Crippen LogP contribution in [-0.4, -0.2) is 11.1 Å². The summed E-state index contributed by atoms with van der Waals surface area (Å²) in [5.74, 6) is -1.19. The van der Waals surface area contributed by atoms with Gasteiger partial charge >= 0.3 is 5.97 Å². The highest BCUT2D eigenvalue weighted by molar-refractivity contribution is 5.89. The molecule has 0 heterocycles. The number of carbonyl (C=O) groups is 1. The predicted molar refractivity (Wildman–Crippen MR) is 44.3 cm³/mol. The van der Waals surface area contributed by atoms with E-state index in [0.29, 0.717) is 0 Å². The topological polar surface area (TPSA) is 96.2 Å². The van der Waals surface area contributed by atoms with Crippen LogP contribution >= 0.6 is 0 Å². The van der Waals surface area contributed by atoms with Crippen LogP contribution in [0.3, 0.4) is 0 Å². The lowest BCUT2D eigenvalue weighted by Gasteiger charge is -1.95. The van der Waals surface area contributed by atoms with Gasteiger partial charge in [0.15, 0.2) is 0 Å². The first-order chi connectivity index (χ1) is 6.19. The lowest BCUT2D eigenvalue weighted by atomic mass is 10.2. The molecular weight excluding hydrogens is 176 g/mol. The number of nitroso groups, excluding NO2 is 2. The molecule has 0 amide bonds. The minimum absolute atomic E-state index is 0.109. The third-order valence-electron chi connectivity index (χ3n) is 1.42. The van der Waals surface area contributed by atoms with E-state index in [-0.39, 0.29) is 16.9 Å². The first-order valence-corrected chi connectivity index (χ1v) is 3.23. The molecule has 0 bridgehead atoms. The largest absolute Gasteiger partial charge is 0.478 e. The van der Waals surface area contributed by atoms with Crippen molar-refractivity contribution in [2.75, 3.05) is 0 Å². The zero-order chi connectivity index (χ0) is 9.84. The molecule has 1 N–H and O–H groups in total. The molecule has 0 aliphatic rings. The molecule has 0 saturated carbocycles. The van der Waals surface area contributed by atoms with Gasteiger partial charge in [0, 0.05) is 0 Å². The van der Waals surface area contributed by atoms with E-state index in [4.69, 9.17) is 5.11 Å². The summed E-state index contributed by atoms with van der Waals surface area (Å²) in [6.07, 6.45) is 0. The Morgan fingerprint density at radius 1 is 1.15 bits per heavy atom. The number of aromatic carboxylic acids is 1. The minimum Gasteiger partial charge on any atom is -0.478 e. The molecule has 0 saturated heterocycles. The Morgan fingerprint density at radius 3 is 2.23 bits per heavy atom. The van der Waals surface area contributed by atoms with Crippen LogP contribution < -0.4 is 0 Å². The van der Waals surface area contributed by atoms with Crippen molar-refractivity contribution < 1.29 is 9.90 Å². The fourth-order valence-corrected chi connectivity index (χ4v) is 0.807. The van der Waals surface area contributed by atoms with Crippen molar-refractivity contribution in [3.05, 3.63) is 33.6 Å². The Labute approximate surface area is 72.1 Å². The molecule has 0 unspecified atom stereocenters. The van der Waals surface area contributed by atoms with Crippen molar-refractivity contribution in [2.45, 2.75) is 0 Å². The monoisotopic (exact) mass is 180 g/mol. The Bertz CT molecular complexity index is 375. The van der Waals surface area contributed by atoms with Gasteiger partial charge < -0.3 is 5.11 Å². The molecule has 6 heteroatoms. The summed E-state index contributed by atoms with van der Waals surface area (Å²) in [5.41, 5.74) is -0.545. The summed E-state index contributed by atoms with van der Waals surface area (Å²) in [6, 6.07) is 3.30. The molecule has 0 atom stereocenters. The van der Waals surface area contributed by atoms with E-state index >= 15 is 0 Å². The second-order valence-electron chi connectivity index (χ2n) is 2.19. The molecule has 0 spiro atoms. The number of hydrogen-bond acceptors (Lipinski definition) is 5. The van der Waals surface area contributed by atoms with Crippen LogP contribution in [0.25, 0.3) is 0 Å². The zero-order valence-corrected chi connectivity index (χ0v) is 6.30. The van der Waals surface area contributed by atoms with Crippen LogP contribution in [0, 0.1) is 9.81 Å². The molecule has 13 heavy (non-hydrogen) atoms. The number of nitrogens with zero attached hydrogens (tertiary/aromatic N) is 2. The molecule has 0 aliphatic carbocycles. The van der Waals surface area contributed by atoms with Crippen molar-refractivity contribution >= 4 is 17.3 Å². The van der Waals surface area contributed by atoms with Gasteiger partial charge in [-0.2, -0.15) is 0 Å². The van der Waals surface area contributed by atoms with Crippen LogP contribution in [-0.2, 0) is 0 Å². The first kappa shape index (κ1) is 8.98. The van der Waals surface area contributed by atoms with Gasteiger partial charge in [-0.05, 0) is 28.6 Å². The lowest BCUT2D eigenvalue weighted by molar-refractivity contribution is 0.0697. The fraction of sp³-hybridized carbons (Fsp3) is 0. The summed E-state index contributed by atoms with van der Waals surface area (Å²) in [6.45, 7) is 0. The Kier molecular flexibility index (Phi) is 2.44. The van der Waals surface area contributed by atoms with Gasteiger partial charge in [0.05, 0.1) is 5.56 Å². The van der Waals surface area contributed by atoms with Crippen molar-refractivity contribution in [3.8, 4) is 0 Å². The zero-order valence-electron chi connectivity index (χ0n) is 6.30. The van der Waals surface area contributed by atoms with Gasteiger partial charge in [-0.15, -0.1) is 9.81 Å². The third-order valence-corrected chi connectivity index (χ3v) is 1.42. The summed E-state index contributed by atoms with van der Waals surface area (Å²) in [7, 11) is 0. The molecule has 0 aromatic heterocycles. The van der Waals surface area contributed by atoms with Gasteiger partial charge in [0.25, 0.3) is 0 Å². The standard InChI is InChI=1S/C7H4N2O4/c10-7(11)4-1-2-5(8-12)6(3-4)9-13/h1-3H,(H,10,11). The summed E-state index contributed by atoms with van der Waals surface area (Å²) in [5, 5.41) is 13.5. The normalized spacial score (nSPS) is 9.23. The molecule has 1 aromatic rings. The molecule has 1 rings (SSSR count). The van der Waals surface area contributed by atoms with Crippen LogP contribution in [0.4, 0.5) is 11.4 Å². The lowest BCUT2D eigenvalue weighted by Crippen LogP contribution is -1.94. The second-order valence-corrected chi connectivity index (χ2v) is 2.19. The number of hydrogen-bond donors (Lipinski definition) is 1. The maximum atomic E-state index is 10.4. The Balaban J connectivity index is 3.28. The van der Waals surface area contributed by atoms with Crippen molar-refractivity contribution in [1.29, 1.82) is 0 Å². The maximum absolute atomic E-state index is 10.4. The number of rotatable bonds is 3. The highest BCUT2D eigenvalue weighted by Crippen LogP contribution is 2.28. The van der Waals surface area contributed by atoms with Gasteiger partial charge in [-0.3, -0.25) is 0 Å². The number of carboxylic acids is 1. The summed E-state index contributed by atoms with van der Waals surface area (Å²) < 4.78 is 0. The number of carboxylic acid groups (broad SMARTS) is 1. The fourth-order valence-electron chi connectivity index (χ4n) is 0.807. The molecule has 6 nitrogen and oxygen atoms in total. The molecule has 0 radical (unpaired) electrons. The van der Waals surface area contributed by atoms with Crippen molar-refractivity contribution in [2.24, 2.45) is 10.4 Å². The number of benzene rings is 1. The first-order valence-electron chi connectivity index (χ1n) is 3.23. The molecular formula is C7H4N2O4. The van der Waals surface area contributed by atoms with E-state index in [9.17, 15) is 14.6 Å². The van der Waals surface area contributed by atoms with Crippen molar-refractivity contribution in [3.63, 3.8) is 0 Å². The van der Waals surface area contributed by atoms with Gasteiger partial charge in [-0.1, -0.05) is 0 Å². The van der Waals surface area contributed by atoms with E-state index in [1.54, 1.807) is 0 Å².